The average molecular weight is 493 g/mol. The molecule has 4 rings (SSSR count). The van der Waals surface area contributed by atoms with Gasteiger partial charge in [0, 0.05) is 18.5 Å². The summed E-state index contributed by atoms with van der Waals surface area (Å²) >= 11 is 0. The van der Waals surface area contributed by atoms with Gasteiger partial charge in [-0.15, -0.1) is 0 Å². The summed E-state index contributed by atoms with van der Waals surface area (Å²) in [7, 11) is -3.85. The fraction of sp³-hybridized carbons (Fsp3) is 0.192. The molecule has 3 aromatic rings. The molecule has 0 saturated heterocycles. The molecule has 0 unspecified atom stereocenters. The summed E-state index contributed by atoms with van der Waals surface area (Å²) in [5.74, 6) is -1.78. The van der Waals surface area contributed by atoms with Crippen molar-refractivity contribution in [3.63, 3.8) is 0 Å². The molecule has 1 aliphatic rings. The summed E-state index contributed by atoms with van der Waals surface area (Å²) in [5.41, 5.74) is 1.62. The molecule has 1 N–H and O–H groups in total. The fourth-order valence-electron chi connectivity index (χ4n) is 4.01. The second-order valence-electron chi connectivity index (χ2n) is 9.08. The smallest absolute Gasteiger partial charge is 0.327 e. The van der Waals surface area contributed by atoms with E-state index in [1.54, 1.807) is 48.5 Å². The van der Waals surface area contributed by atoms with Crippen molar-refractivity contribution in [3.05, 3.63) is 101 Å². The Morgan fingerprint density at radius 1 is 0.943 bits per heavy atom. The Bertz CT molecular complexity index is 1410. The first-order valence-corrected chi connectivity index (χ1v) is 12.3. The second kappa shape index (κ2) is 8.99. The lowest BCUT2D eigenvalue weighted by Gasteiger charge is -2.18. The van der Waals surface area contributed by atoms with Gasteiger partial charge in [0.2, 0.25) is 0 Å². The number of allylic oxidation sites excluding steroid dienone is 1. The number of aliphatic carboxylic acids is 1. The molecular formula is C26H24N2O6S. The van der Waals surface area contributed by atoms with E-state index in [2.05, 4.69) is 0 Å². The number of benzene rings is 2. The standard InChI is InChI=1S/C26H24N2O6S/c1-26(2,13-11-23(29)30)15-19-12-14-27(16-19)35(33,34)20-9-7-18(8-10-20)17-28-24(31)21-5-3-4-6-22(21)25(28)32/h3-14,16H,15,17H2,1-2H3,(H,29,30)/b13-11+. The number of carbonyl (C=O) groups excluding carboxylic acids is 2. The monoisotopic (exact) mass is 492 g/mol. The first-order chi connectivity index (χ1) is 16.5. The zero-order valence-electron chi connectivity index (χ0n) is 19.2. The summed E-state index contributed by atoms with van der Waals surface area (Å²) < 4.78 is 27.3. The minimum absolute atomic E-state index is 0.0410. The molecule has 0 bridgehead atoms. The molecule has 0 spiro atoms. The average Bonchev–Trinajstić information content (AvgIpc) is 3.37. The van der Waals surface area contributed by atoms with Gasteiger partial charge in [0.1, 0.15) is 0 Å². The number of carbonyl (C=O) groups is 3. The van der Waals surface area contributed by atoms with Crippen molar-refractivity contribution in [1.82, 2.24) is 8.87 Å². The number of hydrogen-bond donors (Lipinski definition) is 1. The SMILES string of the molecule is CC(C)(/C=C/C(=O)O)Cc1ccn(S(=O)(=O)c2ccc(CN3C(=O)c4ccccc4C3=O)cc2)c1. The first-order valence-electron chi connectivity index (χ1n) is 10.9. The van der Waals surface area contributed by atoms with Crippen LogP contribution >= 0.6 is 0 Å². The molecule has 2 heterocycles. The molecule has 0 aliphatic carbocycles. The van der Waals surface area contributed by atoms with E-state index in [0.717, 1.165) is 20.5 Å². The highest BCUT2D eigenvalue weighted by Gasteiger charge is 2.35. The molecular weight excluding hydrogens is 468 g/mol. The Hall–Kier alpha value is -3.98. The Labute approximate surface area is 203 Å². The fourth-order valence-corrected chi connectivity index (χ4v) is 5.23. The van der Waals surface area contributed by atoms with E-state index < -0.39 is 21.4 Å². The van der Waals surface area contributed by atoms with Crippen LogP contribution in [0.5, 0.6) is 0 Å². The highest BCUT2D eigenvalue weighted by Crippen LogP contribution is 2.26. The highest BCUT2D eigenvalue weighted by atomic mass is 32.2. The predicted molar refractivity (Wildman–Crippen MR) is 128 cm³/mol. The molecule has 9 heteroatoms. The van der Waals surface area contributed by atoms with E-state index in [-0.39, 0.29) is 23.3 Å². The van der Waals surface area contributed by atoms with E-state index in [9.17, 15) is 22.8 Å². The number of imide groups is 1. The summed E-state index contributed by atoms with van der Waals surface area (Å²) in [6.07, 6.45) is 6.08. The van der Waals surface area contributed by atoms with Crippen molar-refractivity contribution >= 4 is 27.8 Å². The largest absolute Gasteiger partial charge is 0.478 e. The van der Waals surface area contributed by atoms with Crippen molar-refractivity contribution in [1.29, 1.82) is 0 Å². The summed E-state index contributed by atoms with van der Waals surface area (Å²) in [6, 6.07) is 14.4. The normalized spacial score (nSPS) is 14.1. The van der Waals surface area contributed by atoms with Crippen LogP contribution < -0.4 is 0 Å². The van der Waals surface area contributed by atoms with E-state index in [0.29, 0.717) is 23.1 Å². The maximum Gasteiger partial charge on any atom is 0.327 e. The van der Waals surface area contributed by atoms with Crippen LogP contribution in [0.3, 0.4) is 0 Å². The molecule has 2 aromatic carbocycles. The molecule has 35 heavy (non-hydrogen) atoms. The summed E-state index contributed by atoms with van der Waals surface area (Å²) in [5, 5.41) is 8.84. The van der Waals surface area contributed by atoms with Gasteiger partial charge in [-0.3, -0.25) is 14.5 Å². The van der Waals surface area contributed by atoms with E-state index in [4.69, 9.17) is 5.11 Å². The van der Waals surface area contributed by atoms with Gasteiger partial charge in [0.25, 0.3) is 21.8 Å². The molecule has 8 nitrogen and oxygen atoms in total. The van der Waals surface area contributed by atoms with Crippen LogP contribution in [-0.4, -0.2) is 40.2 Å². The third-order valence-corrected chi connectivity index (χ3v) is 7.43. The number of rotatable bonds is 8. The molecule has 0 fully saturated rings. The van der Waals surface area contributed by atoms with Crippen LogP contribution in [-0.2, 0) is 27.8 Å². The van der Waals surface area contributed by atoms with Crippen LogP contribution in [0.15, 0.2) is 84.0 Å². The van der Waals surface area contributed by atoms with Gasteiger partial charge < -0.3 is 5.11 Å². The minimum atomic E-state index is -3.85. The van der Waals surface area contributed by atoms with E-state index in [1.807, 2.05) is 13.8 Å². The Balaban J connectivity index is 1.48. The van der Waals surface area contributed by atoms with Crippen molar-refractivity contribution < 1.29 is 27.9 Å². The van der Waals surface area contributed by atoms with Gasteiger partial charge in [0.05, 0.1) is 22.6 Å². The van der Waals surface area contributed by atoms with Gasteiger partial charge in [-0.25, -0.2) is 17.2 Å². The molecule has 0 saturated carbocycles. The van der Waals surface area contributed by atoms with Crippen LogP contribution in [0.25, 0.3) is 0 Å². The number of nitrogens with zero attached hydrogens (tertiary/aromatic N) is 2. The molecule has 1 aliphatic heterocycles. The molecule has 180 valence electrons. The minimum Gasteiger partial charge on any atom is -0.478 e. The molecule has 0 atom stereocenters. The Morgan fingerprint density at radius 2 is 1.54 bits per heavy atom. The number of hydrogen-bond acceptors (Lipinski definition) is 5. The maximum atomic E-state index is 13.1. The summed E-state index contributed by atoms with van der Waals surface area (Å²) in [6.45, 7) is 3.77. The number of amides is 2. The zero-order valence-corrected chi connectivity index (χ0v) is 20.0. The van der Waals surface area contributed by atoms with Crippen LogP contribution in [0.4, 0.5) is 0 Å². The van der Waals surface area contributed by atoms with Gasteiger partial charge in [0.15, 0.2) is 0 Å². The van der Waals surface area contributed by atoms with Crippen molar-refractivity contribution in [3.8, 4) is 0 Å². The quantitative estimate of drug-likeness (QED) is 0.379. The maximum absolute atomic E-state index is 13.1. The lowest BCUT2D eigenvalue weighted by atomic mass is 9.86. The third-order valence-electron chi connectivity index (χ3n) is 5.78. The van der Waals surface area contributed by atoms with Crippen LogP contribution in [0.2, 0.25) is 0 Å². The highest BCUT2D eigenvalue weighted by molar-refractivity contribution is 7.90. The topological polar surface area (TPSA) is 114 Å². The summed E-state index contributed by atoms with van der Waals surface area (Å²) in [4.78, 5) is 37.1. The van der Waals surface area contributed by atoms with Crippen LogP contribution in [0.1, 0.15) is 45.7 Å². The van der Waals surface area contributed by atoms with Gasteiger partial charge in [-0.2, -0.15) is 0 Å². The Kier molecular flexibility index (Phi) is 6.21. The number of carboxylic acids is 1. The number of fused-ring (bicyclic) bond motifs is 1. The second-order valence-corrected chi connectivity index (χ2v) is 10.9. The number of carboxylic acid groups (broad SMARTS) is 1. The Morgan fingerprint density at radius 3 is 2.11 bits per heavy atom. The first kappa shape index (κ1) is 24.2. The molecule has 2 amide bonds. The number of aromatic nitrogens is 1. The molecule has 0 radical (unpaired) electrons. The molecule has 1 aromatic heterocycles. The van der Waals surface area contributed by atoms with Crippen molar-refractivity contribution in [2.24, 2.45) is 5.41 Å². The van der Waals surface area contributed by atoms with Crippen LogP contribution in [0, 0.1) is 5.41 Å². The van der Waals surface area contributed by atoms with Gasteiger partial charge >= 0.3 is 5.97 Å². The van der Waals surface area contributed by atoms with E-state index in [1.165, 1.54) is 24.5 Å². The van der Waals surface area contributed by atoms with E-state index >= 15 is 0 Å². The third kappa shape index (κ3) is 4.95. The van der Waals surface area contributed by atoms with Crippen molar-refractivity contribution in [2.75, 3.05) is 0 Å². The van der Waals surface area contributed by atoms with Crippen molar-refractivity contribution in [2.45, 2.75) is 31.7 Å². The lowest BCUT2D eigenvalue weighted by Crippen LogP contribution is -2.29. The lowest BCUT2D eigenvalue weighted by molar-refractivity contribution is -0.131. The zero-order chi connectivity index (χ0) is 25.4. The predicted octanol–water partition coefficient (Wildman–Crippen LogP) is 3.73. The van der Waals surface area contributed by atoms with Gasteiger partial charge in [-0.05, 0) is 53.3 Å². The van der Waals surface area contributed by atoms with Gasteiger partial charge in [-0.1, -0.05) is 44.2 Å².